The highest BCUT2D eigenvalue weighted by Crippen LogP contribution is 2.44. The maximum absolute atomic E-state index is 12.7. The van der Waals surface area contributed by atoms with E-state index in [9.17, 15) is 57.0 Å². The number of phenols is 1. The van der Waals surface area contributed by atoms with Gasteiger partial charge in [0, 0.05) is 38.3 Å². The van der Waals surface area contributed by atoms with Crippen molar-refractivity contribution in [2.24, 2.45) is 30.7 Å². The van der Waals surface area contributed by atoms with E-state index >= 15 is 0 Å². The van der Waals surface area contributed by atoms with Crippen molar-refractivity contribution in [2.45, 2.75) is 19.6 Å². The molecular weight excluding hydrogens is 939 g/mol. The van der Waals surface area contributed by atoms with Gasteiger partial charge in [-0.3, -0.25) is 18.2 Å². The first-order valence-corrected chi connectivity index (χ1v) is 24.4. The summed E-state index contributed by atoms with van der Waals surface area (Å²) in [6.07, 6.45) is 0. The molecule has 0 unspecified atom stereocenters. The molecule has 0 atom stereocenters. The zero-order valence-electron chi connectivity index (χ0n) is 33.1. The van der Waals surface area contributed by atoms with E-state index in [0.29, 0.717) is 5.69 Å². The molecule has 0 aromatic heterocycles. The number of anilines is 2. The van der Waals surface area contributed by atoms with Crippen molar-refractivity contribution in [1.82, 2.24) is 0 Å². The molecule has 20 nitrogen and oxygen atoms in total. The molecule has 0 amide bonds. The average molecular weight is 968 g/mol. The van der Waals surface area contributed by atoms with E-state index in [2.05, 4.69) is 36.0 Å². The second-order valence-electron chi connectivity index (χ2n) is 14.1. The number of hydrogen-bond donors (Lipinski definition) is 6. The highest BCUT2D eigenvalue weighted by atomic mass is 32.2. The van der Waals surface area contributed by atoms with Gasteiger partial charge in [-0.2, -0.15) is 38.8 Å². The third-order valence-electron chi connectivity index (χ3n) is 9.78. The summed E-state index contributed by atoms with van der Waals surface area (Å²) in [4.78, 5) is -2.33. The van der Waals surface area contributed by atoms with E-state index in [0.717, 1.165) is 48.2 Å². The summed E-state index contributed by atoms with van der Waals surface area (Å²) in [5, 5.41) is 40.3. The van der Waals surface area contributed by atoms with Crippen LogP contribution in [-0.4, -0.2) is 57.0 Å². The Labute approximate surface area is 374 Å². The van der Waals surface area contributed by atoms with Crippen LogP contribution in [0.4, 0.5) is 45.5 Å². The molecule has 8 aromatic rings. The van der Waals surface area contributed by atoms with Crippen LogP contribution in [0, 0.1) is 0 Å². The zero-order valence-corrected chi connectivity index (χ0v) is 36.4. The smallest absolute Gasteiger partial charge is 0.296 e. The monoisotopic (exact) mass is 967 g/mol. The van der Waals surface area contributed by atoms with Crippen LogP contribution in [0.5, 0.6) is 5.75 Å². The summed E-state index contributed by atoms with van der Waals surface area (Å²) < 4.78 is 137. The topological polar surface area (TPSA) is 324 Å². The summed E-state index contributed by atoms with van der Waals surface area (Å²) in [7, 11) is -19.1. The van der Waals surface area contributed by atoms with E-state index in [4.69, 9.17) is 0 Å². The van der Waals surface area contributed by atoms with Crippen molar-refractivity contribution in [3.05, 3.63) is 140 Å². The Morgan fingerprint density at radius 1 is 0.379 bits per heavy atom. The standard InChI is InChI=1S/C42H29N7O13S4/c50-42-31-12-9-26(43-25-5-2-1-3-6-25)19-24(31)20-40(66(60,61)62)41(42)49-48-39-18-16-37(33-14-11-30(23-35(33)39)65(57,58)59)46-47-38-17-15-36(32-13-10-29(22-34(32)38)64(54,55)56)45-44-27-7-4-8-28(21-27)63(51,52)53/h1-23,43,50H,(H,51,52,53)(H,54,55,56)(H,57,58,59)(H,60,61,62). The molecule has 0 bridgehead atoms. The first kappa shape index (κ1) is 45.2. The fraction of sp³-hybridized carbons (Fsp3) is 0. The summed E-state index contributed by atoms with van der Waals surface area (Å²) in [5.41, 5.74) is 0.744. The second-order valence-corrected chi connectivity index (χ2v) is 19.8. The third-order valence-corrected chi connectivity index (χ3v) is 13.2. The number of fused-ring (bicyclic) bond motifs is 3. The molecular formula is C42H29N7O13S4. The van der Waals surface area contributed by atoms with Gasteiger partial charge >= 0.3 is 0 Å². The number of phenolic OH excluding ortho intramolecular Hbond substituents is 1. The van der Waals surface area contributed by atoms with Crippen LogP contribution in [0.3, 0.4) is 0 Å². The van der Waals surface area contributed by atoms with Crippen LogP contribution in [0.1, 0.15) is 0 Å². The number of nitrogens with zero attached hydrogens (tertiary/aromatic N) is 6. The third kappa shape index (κ3) is 9.65. The van der Waals surface area contributed by atoms with E-state index in [-0.39, 0.29) is 60.8 Å². The number of benzene rings is 8. The molecule has 24 heteroatoms. The minimum atomic E-state index is -5.05. The Kier molecular flexibility index (Phi) is 11.8. The molecule has 8 rings (SSSR count). The Morgan fingerprint density at radius 2 is 0.864 bits per heavy atom. The normalized spacial score (nSPS) is 12.9. The predicted octanol–water partition coefficient (Wildman–Crippen LogP) is 10.8. The highest BCUT2D eigenvalue weighted by molar-refractivity contribution is 7.86. The molecule has 0 heterocycles. The minimum Gasteiger partial charge on any atom is -0.505 e. The molecule has 6 N–H and O–H groups in total. The van der Waals surface area contributed by atoms with Gasteiger partial charge in [0.15, 0.2) is 5.75 Å². The number of para-hydroxylation sites is 1. The van der Waals surface area contributed by atoms with Crippen LogP contribution >= 0.6 is 0 Å². The number of rotatable bonds is 12. The fourth-order valence-electron chi connectivity index (χ4n) is 6.70. The largest absolute Gasteiger partial charge is 0.505 e. The first-order valence-electron chi connectivity index (χ1n) is 18.6. The van der Waals surface area contributed by atoms with E-state index in [1.54, 1.807) is 24.3 Å². The summed E-state index contributed by atoms with van der Waals surface area (Å²) >= 11 is 0. The van der Waals surface area contributed by atoms with Crippen LogP contribution in [0.25, 0.3) is 32.3 Å². The summed E-state index contributed by atoms with van der Waals surface area (Å²) in [5.74, 6) is -0.660. The lowest BCUT2D eigenvalue weighted by molar-refractivity contribution is 0.472. The molecule has 0 spiro atoms. The Hall–Kier alpha value is -7.42. The van der Waals surface area contributed by atoms with Crippen LogP contribution in [-0.2, 0) is 40.5 Å². The number of azo groups is 3. The van der Waals surface area contributed by atoms with Crippen LogP contribution in [0.2, 0.25) is 0 Å². The quantitative estimate of drug-likeness (QED) is 0.0490. The van der Waals surface area contributed by atoms with Crippen molar-refractivity contribution in [1.29, 1.82) is 0 Å². The van der Waals surface area contributed by atoms with Gasteiger partial charge in [0.1, 0.15) is 10.6 Å². The van der Waals surface area contributed by atoms with Crippen molar-refractivity contribution >= 4 is 118 Å². The Balaban J connectivity index is 1.21. The van der Waals surface area contributed by atoms with Crippen LogP contribution < -0.4 is 5.32 Å². The van der Waals surface area contributed by atoms with E-state index in [1.165, 1.54) is 54.6 Å². The molecule has 0 aliphatic heterocycles. The molecule has 0 radical (unpaired) electrons. The Morgan fingerprint density at radius 3 is 1.39 bits per heavy atom. The van der Waals surface area contributed by atoms with Gasteiger partial charge in [0.25, 0.3) is 40.5 Å². The van der Waals surface area contributed by atoms with Crippen molar-refractivity contribution in [3.8, 4) is 5.75 Å². The van der Waals surface area contributed by atoms with Crippen molar-refractivity contribution in [2.75, 3.05) is 5.32 Å². The molecule has 0 saturated heterocycles. The molecule has 0 saturated carbocycles. The Bertz CT molecular complexity index is 3870. The van der Waals surface area contributed by atoms with Gasteiger partial charge in [-0.15, -0.1) is 25.6 Å². The number of aromatic hydroxyl groups is 1. The molecule has 0 fully saturated rings. The highest BCUT2D eigenvalue weighted by Gasteiger charge is 2.23. The minimum absolute atomic E-state index is 0.0250. The van der Waals surface area contributed by atoms with Gasteiger partial charge in [-0.25, -0.2) is 0 Å². The van der Waals surface area contributed by atoms with Gasteiger partial charge in [-0.05, 0) is 109 Å². The lowest BCUT2D eigenvalue weighted by Crippen LogP contribution is -1.99. The molecule has 0 aliphatic carbocycles. The lowest BCUT2D eigenvalue weighted by Gasteiger charge is -2.12. The van der Waals surface area contributed by atoms with Crippen LogP contribution in [0.15, 0.2) is 190 Å². The first-order chi connectivity index (χ1) is 31.1. The zero-order chi connectivity index (χ0) is 47.2. The van der Waals surface area contributed by atoms with Gasteiger partial charge in [0.05, 0.1) is 43.1 Å². The predicted molar refractivity (Wildman–Crippen MR) is 241 cm³/mol. The maximum atomic E-state index is 12.7. The fourth-order valence-corrected chi connectivity index (χ4v) is 8.89. The summed E-state index contributed by atoms with van der Waals surface area (Å²) in [6, 6.07) is 32.1. The lowest BCUT2D eigenvalue weighted by atomic mass is 10.1. The van der Waals surface area contributed by atoms with E-state index in [1.807, 2.05) is 18.2 Å². The van der Waals surface area contributed by atoms with Crippen molar-refractivity contribution < 1.29 is 57.0 Å². The SMILES string of the molecule is O=S(=O)(O)c1cccc(N=Nc2ccc(N=Nc3ccc(N=Nc4c(S(=O)(=O)O)cc5cc(Nc6ccccc6)ccc5c4O)c4cc(S(=O)(=O)O)ccc34)c3cc(S(=O)(=O)O)ccc23)c1. The van der Waals surface area contributed by atoms with Crippen molar-refractivity contribution in [3.63, 3.8) is 0 Å². The summed E-state index contributed by atoms with van der Waals surface area (Å²) in [6.45, 7) is 0. The molecule has 334 valence electrons. The van der Waals surface area contributed by atoms with Gasteiger partial charge < -0.3 is 10.4 Å². The van der Waals surface area contributed by atoms with Gasteiger partial charge in [0.2, 0.25) is 0 Å². The van der Waals surface area contributed by atoms with E-state index < -0.39 is 71.5 Å². The average Bonchev–Trinajstić information content (AvgIpc) is 3.26. The second kappa shape index (κ2) is 17.2. The maximum Gasteiger partial charge on any atom is 0.296 e. The van der Waals surface area contributed by atoms with Gasteiger partial charge in [-0.1, -0.05) is 36.4 Å². The molecule has 66 heavy (non-hydrogen) atoms. The number of nitrogens with one attached hydrogen (secondary N) is 1. The molecule has 8 aromatic carbocycles. The number of hydrogen-bond acceptors (Lipinski definition) is 16. The molecule has 0 aliphatic rings.